The van der Waals surface area contributed by atoms with Crippen molar-refractivity contribution in [1.82, 2.24) is 10.1 Å². The van der Waals surface area contributed by atoms with Crippen LogP contribution in [0, 0.1) is 0 Å². The van der Waals surface area contributed by atoms with Gasteiger partial charge in [0.1, 0.15) is 0 Å². The number of rotatable bonds is 8. The van der Waals surface area contributed by atoms with Crippen molar-refractivity contribution < 1.29 is 14.4 Å². The molecule has 0 aliphatic rings. The highest BCUT2D eigenvalue weighted by Crippen LogP contribution is 2.03. The minimum absolute atomic E-state index is 0.214. The van der Waals surface area contributed by atoms with Gasteiger partial charge in [0.25, 0.3) is 0 Å². The minimum Gasteiger partial charge on any atom is -0.396 e. The molecular weight excluding hydrogens is 196 g/mol. The summed E-state index contributed by atoms with van der Waals surface area (Å²) in [6.45, 7) is 3.51. The first-order chi connectivity index (χ1) is 7.36. The number of hydrogen-bond donors (Lipinski definition) is 1. The van der Waals surface area contributed by atoms with E-state index in [1.165, 1.54) is 0 Å². The van der Waals surface area contributed by atoms with Crippen molar-refractivity contribution >= 4 is 0 Å². The Hall–Kier alpha value is -0.940. The lowest BCUT2D eigenvalue weighted by Crippen LogP contribution is -1.99. The van der Waals surface area contributed by atoms with Gasteiger partial charge in [-0.2, -0.15) is 4.98 Å². The summed E-state index contributed by atoms with van der Waals surface area (Å²) in [7, 11) is 0. The van der Waals surface area contributed by atoms with E-state index in [0.717, 1.165) is 19.3 Å². The van der Waals surface area contributed by atoms with Crippen LogP contribution in [0.3, 0.4) is 0 Å². The van der Waals surface area contributed by atoms with Crippen LogP contribution in [0.5, 0.6) is 0 Å². The number of unbranched alkanes of at least 4 members (excludes halogenated alkanes) is 1. The van der Waals surface area contributed by atoms with Gasteiger partial charge in [0, 0.05) is 26.1 Å². The number of nitrogens with zero attached hydrogens (tertiary/aromatic N) is 2. The molecule has 0 spiro atoms. The Labute approximate surface area is 89.4 Å². The fraction of sp³-hybridized carbons (Fsp3) is 0.800. The zero-order valence-corrected chi connectivity index (χ0v) is 9.11. The zero-order valence-electron chi connectivity index (χ0n) is 9.11. The molecule has 0 radical (unpaired) electrons. The first-order valence-electron chi connectivity index (χ1n) is 5.37. The molecule has 0 bridgehead atoms. The van der Waals surface area contributed by atoms with Gasteiger partial charge in [0.15, 0.2) is 5.82 Å². The minimum atomic E-state index is 0.214. The molecule has 1 aromatic rings. The average molecular weight is 214 g/mol. The Balaban J connectivity index is 2.23. The Morgan fingerprint density at radius 1 is 1.33 bits per heavy atom. The summed E-state index contributed by atoms with van der Waals surface area (Å²) >= 11 is 0. The maximum atomic E-state index is 8.61. The molecule has 86 valence electrons. The number of aliphatic hydroxyl groups is 1. The highest BCUT2D eigenvalue weighted by molar-refractivity contribution is 4.86. The van der Waals surface area contributed by atoms with Gasteiger partial charge in [0.05, 0.1) is 6.61 Å². The van der Waals surface area contributed by atoms with Gasteiger partial charge in [-0.3, -0.25) is 0 Å². The van der Waals surface area contributed by atoms with Crippen LogP contribution in [0.1, 0.15) is 31.5 Å². The van der Waals surface area contributed by atoms with E-state index < -0.39 is 0 Å². The second-order valence-electron chi connectivity index (χ2n) is 3.23. The zero-order chi connectivity index (χ0) is 10.9. The molecule has 5 nitrogen and oxygen atoms in total. The average Bonchev–Trinajstić information content (AvgIpc) is 2.67. The number of ether oxygens (including phenoxy) is 1. The van der Waals surface area contributed by atoms with Crippen LogP contribution in [0.2, 0.25) is 0 Å². The van der Waals surface area contributed by atoms with Crippen LogP contribution >= 0.6 is 0 Å². The fourth-order valence-electron chi connectivity index (χ4n) is 1.19. The molecule has 0 atom stereocenters. The summed E-state index contributed by atoms with van der Waals surface area (Å²) in [6.07, 6.45) is 3.08. The van der Waals surface area contributed by atoms with Crippen LogP contribution in [-0.4, -0.2) is 35.1 Å². The summed E-state index contributed by atoms with van der Waals surface area (Å²) in [5.74, 6) is 1.34. The molecule has 1 aromatic heterocycles. The van der Waals surface area contributed by atoms with Gasteiger partial charge in [-0.05, 0) is 19.8 Å². The second kappa shape index (κ2) is 7.36. The molecule has 0 aromatic carbocycles. The highest BCUT2D eigenvalue weighted by Gasteiger charge is 2.05. The summed E-state index contributed by atoms with van der Waals surface area (Å²) in [4.78, 5) is 4.21. The van der Waals surface area contributed by atoms with Crippen LogP contribution < -0.4 is 0 Å². The normalized spacial score (nSPS) is 10.8. The number of aryl methyl sites for hydroxylation is 1. The third kappa shape index (κ3) is 4.90. The molecule has 0 aliphatic heterocycles. The molecule has 0 fully saturated rings. The predicted octanol–water partition coefficient (Wildman–Crippen LogP) is 0.964. The van der Waals surface area contributed by atoms with Gasteiger partial charge < -0.3 is 14.4 Å². The first-order valence-corrected chi connectivity index (χ1v) is 5.37. The molecule has 0 saturated carbocycles. The highest BCUT2D eigenvalue weighted by atomic mass is 16.5. The Morgan fingerprint density at radius 3 is 2.93 bits per heavy atom. The van der Waals surface area contributed by atoms with Crippen LogP contribution in [0.15, 0.2) is 4.52 Å². The molecule has 0 unspecified atom stereocenters. The number of aliphatic hydroxyl groups excluding tert-OH is 1. The Kier molecular flexibility index (Phi) is 5.96. The molecule has 5 heteroatoms. The number of aromatic nitrogens is 2. The van der Waals surface area contributed by atoms with E-state index in [9.17, 15) is 0 Å². The van der Waals surface area contributed by atoms with Crippen molar-refractivity contribution in [3.8, 4) is 0 Å². The lowest BCUT2D eigenvalue weighted by molar-refractivity contribution is 0.149. The van der Waals surface area contributed by atoms with E-state index in [4.69, 9.17) is 14.4 Å². The van der Waals surface area contributed by atoms with E-state index in [1.807, 2.05) is 6.92 Å². The monoisotopic (exact) mass is 214 g/mol. The maximum Gasteiger partial charge on any atom is 0.226 e. The summed E-state index contributed by atoms with van der Waals surface area (Å²) < 4.78 is 10.2. The van der Waals surface area contributed by atoms with Crippen LogP contribution in [0.25, 0.3) is 0 Å². The summed E-state index contributed by atoms with van der Waals surface area (Å²) in [6, 6.07) is 0. The fourth-order valence-corrected chi connectivity index (χ4v) is 1.19. The Bertz CT molecular complexity index is 238. The lowest BCUT2D eigenvalue weighted by atomic mass is 10.2. The van der Waals surface area contributed by atoms with E-state index >= 15 is 0 Å². The van der Waals surface area contributed by atoms with E-state index in [0.29, 0.717) is 31.3 Å². The van der Waals surface area contributed by atoms with Gasteiger partial charge in [-0.1, -0.05) is 5.16 Å². The third-order valence-corrected chi connectivity index (χ3v) is 1.98. The Morgan fingerprint density at radius 2 is 2.20 bits per heavy atom. The molecule has 1 rings (SSSR count). The standard InChI is InChI=1S/C10H18N2O3/c1-2-14-8-6-9-11-10(15-12-9)5-3-4-7-13/h13H,2-8H2,1H3. The SMILES string of the molecule is CCOCCc1noc(CCCCO)n1. The van der Waals surface area contributed by atoms with E-state index in [-0.39, 0.29) is 6.61 Å². The van der Waals surface area contributed by atoms with Crippen molar-refractivity contribution in [3.63, 3.8) is 0 Å². The quantitative estimate of drug-likeness (QED) is 0.653. The molecule has 0 aliphatic carbocycles. The maximum absolute atomic E-state index is 8.61. The largest absolute Gasteiger partial charge is 0.396 e. The molecule has 1 heterocycles. The lowest BCUT2D eigenvalue weighted by Gasteiger charge is -1.95. The van der Waals surface area contributed by atoms with Gasteiger partial charge >= 0.3 is 0 Å². The number of hydrogen-bond acceptors (Lipinski definition) is 5. The molecule has 0 amide bonds. The topological polar surface area (TPSA) is 68.4 Å². The van der Waals surface area contributed by atoms with Crippen molar-refractivity contribution in [2.75, 3.05) is 19.8 Å². The van der Waals surface area contributed by atoms with Crippen molar-refractivity contribution in [1.29, 1.82) is 0 Å². The first kappa shape index (κ1) is 12.1. The predicted molar refractivity (Wildman–Crippen MR) is 54.5 cm³/mol. The molecule has 15 heavy (non-hydrogen) atoms. The van der Waals surface area contributed by atoms with Gasteiger partial charge in [-0.25, -0.2) is 0 Å². The smallest absolute Gasteiger partial charge is 0.226 e. The summed E-state index contributed by atoms with van der Waals surface area (Å²) in [5, 5.41) is 12.4. The van der Waals surface area contributed by atoms with Crippen LogP contribution in [0.4, 0.5) is 0 Å². The summed E-state index contributed by atoms with van der Waals surface area (Å²) in [5.41, 5.74) is 0. The van der Waals surface area contributed by atoms with Crippen LogP contribution in [-0.2, 0) is 17.6 Å². The second-order valence-corrected chi connectivity index (χ2v) is 3.23. The van der Waals surface area contributed by atoms with Crippen molar-refractivity contribution in [2.45, 2.75) is 32.6 Å². The molecule has 1 N–H and O–H groups in total. The van der Waals surface area contributed by atoms with Crippen molar-refractivity contribution in [2.24, 2.45) is 0 Å². The molecular formula is C10H18N2O3. The molecule has 0 saturated heterocycles. The van der Waals surface area contributed by atoms with Gasteiger partial charge in [-0.15, -0.1) is 0 Å². The van der Waals surface area contributed by atoms with E-state index in [1.54, 1.807) is 0 Å². The van der Waals surface area contributed by atoms with E-state index in [2.05, 4.69) is 10.1 Å². The third-order valence-electron chi connectivity index (χ3n) is 1.98. The van der Waals surface area contributed by atoms with Crippen molar-refractivity contribution in [3.05, 3.63) is 11.7 Å². The van der Waals surface area contributed by atoms with Gasteiger partial charge in [0.2, 0.25) is 5.89 Å².